The molecule has 0 fully saturated rings. The third-order valence-electron chi connectivity index (χ3n) is 2.92. The van der Waals surface area contributed by atoms with Gasteiger partial charge in [0, 0.05) is 0 Å². The molecule has 20 heavy (non-hydrogen) atoms. The fraction of sp³-hybridized carbons (Fsp3) is 0.125. The van der Waals surface area contributed by atoms with Gasteiger partial charge in [0.2, 0.25) is 12.2 Å². The van der Waals surface area contributed by atoms with Gasteiger partial charge in [0.05, 0.1) is 0 Å². The summed E-state index contributed by atoms with van der Waals surface area (Å²) in [6.07, 6.45) is 4.62. The highest BCUT2D eigenvalue weighted by Gasteiger charge is 2.03. The third-order valence-corrected chi connectivity index (χ3v) is 2.92. The Morgan fingerprint density at radius 3 is 2.10 bits per heavy atom. The molecule has 0 unspecified atom stereocenters. The number of carbonyl (C=O) groups excluding carboxylic acids is 2. The number of hydrogen-bond acceptors (Lipinski definition) is 4. The zero-order valence-corrected chi connectivity index (χ0v) is 10.7. The molecule has 0 heterocycles. The molecule has 98 valence electrons. The summed E-state index contributed by atoms with van der Waals surface area (Å²) in [4.78, 5) is 27.8. The minimum Gasteiger partial charge on any atom is -0.211 e. The number of nitrogens with zero attached hydrogens (tertiary/aromatic N) is 2. The van der Waals surface area contributed by atoms with Gasteiger partial charge >= 0.3 is 0 Å². The topological polar surface area (TPSA) is 58.9 Å². The van der Waals surface area contributed by atoms with E-state index in [9.17, 15) is 9.59 Å². The Balaban J connectivity index is 2.18. The molecule has 2 rings (SSSR count). The van der Waals surface area contributed by atoms with Gasteiger partial charge in [-0.1, -0.05) is 36.4 Å². The molecule has 0 spiro atoms. The lowest BCUT2D eigenvalue weighted by Crippen LogP contribution is -1.90. The quantitative estimate of drug-likeness (QED) is 0.613. The number of hydrogen-bond donors (Lipinski definition) is 0. The first-order valence-electron chi connectivity index (χ1n) is 6.16. The van der Waals surface area contributed by atoms with E-state index >= 15 is 0 Å². The summed E-state index contributed by atoms with van der Waals surface area (Å²) in [7, 11) is 0. The maximum Gasteiger partial charge on any atom is 0.240 e. The first-order valence-corrected chi connectivity index (χ1v) is 6.16. The van der Waals surface area contributed by atoms with E-state index in [2.05, 4.69) is 22.1 Å². The maximum atomic E-state index is 10.4. The highest BCUT2D eigenvalue weighted by Crippen LogP contribution is 2.28. The molecule has 4 heteroatoms. The average Bonchev–Trinajstić information content (AvgIpc) is 2.49. The summed E-state index contributed by atoms with van der Waals surface area (Å²) in [5.41, 5.74) is 2.93. The largest absolute Gasteiger partial charge is 0.240 e. The SMILES string of the molecule is O=C=Nc1ccc(CCc2ccccc2)cc1N=C=O. The van der Waals surface area contributed by atoms with E-state index in [0.29, 0.717) is 11.4 Å². The molecular formula is C16H12N2O2. The van der Waals surface area contributed by atoms with Gasteiger partial charge in [0.1, 0.15) is 11.4 Å². The molecule has 0 aliphatic rings. The van der Waals surface area contributed by atoms with E-state index in [4.69, 9.17) is 0 Å². The van der Waals surface area contributed by atoms with Crippen LogP contribution in [0.3, 0.4) is 0 Å². The van der Waals surface area contributed by atoms with Crippen molar-refractivity contribution in [1.82, 2.24) is 0 Å². The Labute approximate surface area is 116 Å². The lowest BCUT2D eigenvalue weighted by molar-refractivity contribution is 0.564. The summed E-state index contributed by atoms with van der Waals surface area (Å²) >= 11 is 0. The van der Waals surface area contributed by atoms with Crippen molar-refractivity contribution in [2.75, 3.05) is 0 Å². The van der Waals surface area contributed by atoms with Gasteiger partial charge in [-0.15, -0.1) is 0 Å². The highest BCUT2D eigenvalue weighted by atomic mass is 16.1. The van der Waals surface area contributed by atoms with Gasteiger partial charge in [-0.3, -0.25) is 0 Å². The normalized spacial score (nSPS) is 9.40. The Hall–Kier alpha value is -2.80. The van der Waals surface area contributed by atoms with Crippen LogP contribution in [0.1, 0.15) is 11.1 Å². The first kappa shape index (κ1) is 13.6. The molecule has 0 amide bonds. The summed E-state index contributed by atoms with van der Waals surface area (Å²) in [6.45, 7) is 0. The summed E-state index contributed by atoms with van der Waals surface area (Å²) < 4.78 is 0. The minimum absolute atomic E-state index is 0.326. The predicted molar refractivity (Wildman–Crippen MR) is 75.9 cm³/mol. The van der Waals surface area contributed by atoms with Crippen LogP contribution in [-0.2, 0) is 22.4 Å². The van der Waals surface area contributed by atoms with Crippen LogP contribution in [0.4, 0.5) is 11.4 Å². The summed E-state index contributed by atoms with van der Waals surface area (Å²) in [5.74, 6) is 0. The van der Waals surface area contributed by atoms with Crippen LogP contribution in [0.25, 0.3) is 0 Å². The molecule has 0 atom stereocenters. The maximum absolute atomic E-state index is 10.4. The number of aliphatic imine (C=N–C) groups is 2. The van der Waals surface area contributed by atoms with Crippen LogP contribution in [0.5, 0.6) is 0 Å². The Bertz CT molecular complexity index is 683. The van der Waals surface area contributed by atoms with Crippen molar-refractivity contribution in [2.45, 2.75) is 12.8 Å². The monoisotopic (exact) mass is 264 g/mol. The van der Waals surface area contributed by atoms with Crippen LogP contribution in [0.15, 0.2) is 58.5 Å². The lowest BCUT2D eigenvalue weighted by Gasteiger charge is -2.04. The van der Waals surface area contributed by atoms with Crippen molar-refractivity contribution in [3.63, 3.8) is 0 Å². The van der Waals surface area contributed by atoms with Crippen LogP contribution < -0.4 is 0 Å². The number of isocyanates is 2. The van der Waals surface area contributed by atoms with Crippen molar-refractivity contribution in [3.05, 3.63) is 59.7 Å². The van der Waals surface area contributed by atoms with E-state index in [1.54, 1.807) is 12.1 Å². The molecule has 0 bridgehead atoms. The molecule has 2 aromatic rings. The predicted octanol–water partition coefficient (Wildman–Crippen LogP) is 3.41. The lowest BCUT2D eigenvalue weighted by atomic mass is 10.0. The summed E-state index contributed by atoms with van der Waals surface area (Å²) in [6, 6.07) is 15.4. The molecule has 0 saturated carbocycles. The summed E-state index contributed by atoms with van der Waals surface area (Å²) in [5, 5.41) is 0. The van der Waals surface area contributed by atoms with Gasteiger partial charge in [-0.2, -0.15) is 9.98 Å². The molecule has 0 radical (unpaired) electrons. The molecule has 0 N–H and O–H groups in total. The fourth-order valence-electron chi connectivity index (χ4n) is 1.94. The second-order valence-electron chi connectivity index (χ2n) is 4.21. The molecule has 0 aromatic heterocycles. The molecule has 4 nitrogen and oxygen atoms in total. The van der Waals surface area contributed by atoms with Crippen LogP contribution in [0, 0.1) is 0 Å². The van der Waals surface area contributed by atoms with Crippen molar-refractivity contribution in [3.8, 4) is 0 Å². The van der Waals surface area contributed by atoms with Crippen molar-refractivity contribution in [1.29, 1.82) is 0 Å². The second-order valence-corrected chi connectivity index (χ2v) is 4.21. The van der Waals surface area contributed by atoms with Crippen molar-refractivity contribution >= 4 is 23.5 Å². The van der Waals surface area contributed by atoms with E-state index in [1.165, 1.54) is 17.7 Å². The van der Waals surface area contributed by atoms with Crippen molar-refractivity contribution in [2.24, 2.45) is 9.98 Å². The van der Waals surface area contributed by atoms with Gasteiger partial charge < -0.3 is 0 Å². The number of rotatable bonds is 5. The Kier molecular flexibility index (Phi) is 4.74. The highest BCUT2D eigenvalue weighted by molar-refractivity contribution is 5.68. The van der Waals surface area contributed by atoms with E-state index in [-0.39, 0.29) is 0 Å². The number of aryl methyl sites for hydroxylation is 2. The van der Waals surface area contributed by atoms with E-state index < -0.39 is 0 Å². The molecule has 2 aromatic carbocycles. The molecular weight excluding hydrogens is 252 g/mol. The van der Waals surface area contributed by atoms with Gasteiger partial charge in [0.15, 0.2) is 0 Å². The molecule has 0 aliphatic heterocycles. The standard InChI is InChI=1S/C16H12N2O2/c19-11-17-15-9-8-14(10-16(15)18-12-20)7-6-13-4-2-1-3-5-13/h1-5,8-10H,6-7H2. The Morgan fingerprint density at radius 1 is 0.750 bits per heavy atom. The average molecular weight is 264 g/mol. The van der Waals surface area contributed by atoms with E-state index in [0.717, 1.165) is 18.4 Å². The van der Waals surface area contributed by atoms with Crippen LogP contribution in [-0.4, -0.2) is 12.2 Å². The first-order chi connectivity index (χ1) is 9.83. The van der Waals surface area contributed by atoms with Crippen molar-refractivity contribution < 1.29 is 9.59 Å². The second kappa shape index (κ2) is 6.95. The zero-order chi connectivity index (χ0) is 14.2. The number of benzene rings is 2. The van der Waals surface area contributed by atoms with Gasteiger partial charge in [-0.05, 0) is 36.1 Å². The smallest absolute Gasteiger partial charge is 0.211 e. The third kappa shape index (κ3) is 3.59. The molecule has 0 aliphatic carbocycles. The molecule has 0 saturated heterocycles. The van der Waals surface area contributed by atoms with Gasteiger partial charge in [-0.25, -0.2) is 9.59 Å². The van der Waals surface area contributed by atoms with Crippen LogP contribution in [0.2, 0.25) is 0 Å². The van der Waals surface area contributed by atoms with Crippen LogP contribution >= 0.6 is 0 Å². The minimum atomic E-state index is 0.326. The Morgan fingerprint density at radius 2 is 1.40 bits per heavy atom. The van der Waals surface area contributed by atoms with Gasteiger partial charge in [0.25, 0.3) is 0 Å². The zero-order valence-electron chi connectivity index (χ0n) is 10.7. The fourth-order valence-corrected chi connectivity index (χ4v) is 1.94. The van der Waals surface area contributed by atoms with E-state index in [1.807, 2.05) is 24.3 Å².